The first-order valence-electron chi connectivity index (χ1n) is 7.05. The van der Waals surface area contributed by atoms with Crippen LogP contribution < -0.4 is 16.4 Å². The number of benzene rings is 1. The maximum Gasteiger partial charge on any atom is 0.251 e. The maximum absolute atomic E-state index is 11.8. The number of nitrogens with two attached hydrogens (primary N) is 1. The molecule has 21 heavy (non-hydrogen) atoms. The number of anilines is 2. The molecule has 0 saturated heterocycles. The van der Waals surface area contributed by atoms with Gasteiger partial charge in [-0.25, -0.2) is 4.98 Å². The Morgan fingerprint density at radius 2 is 1.81 bits per heavy atom. The molecule has 0 aliphatic carbocycles. The second-order valence-electron chi connectivity index (χ2n) is 4.70. The van der Waals surface area contributed by atoms with Gasteiger partial charge in [-0.3, -0.25) is 4.79 Å². The first kappa shape index (κ1) is 14.8. The molecule has 0 aliphatic rings. The van der Waals surface area contributed by atoms with E-state index in [-0.39, 0.29) is 5.91 Å². The fourth-order valence-electron chi connectivity index (χ4n) is 1.92. The Kier molecular flexibility index (Phi) is 5.58. The molecule has 0 spiro atoms. The fraction of sp³-hybridized carbons (Fsp3) is 0.250. The Hall–Kier alpha value is -2.56. The molecule has 4 N–H and O–H groups in total. The first-order valence-corrected chi connectivity index (χ1v) is 7.05. The van der Waals surface area contributed by atoms with Crippen molar-refractivity contribution in [2.45, 2.75) is 12.8 Å². The lowest BCUT2D eigenvalue weighted by Gasteiger charge is -2.08. The summed E-state index contributed by atoms with van der Waals surface area (Å²) in [6.07, 6.45) is 3.54. The lowest BCUT2D eigenvalue weighted by molar-refractivity contribution is 0.0953. The van der Waals surface area contributed by atoms with Gasteiger partial charge in [-0.15, -0.1) is 0 Å². The van der Waals surface area contributed by atoms with Crippen LogP contribution in [0.1, 0.15) is 23.2 Å². The smallest absolute Gasteiger partial charge is 0.251 e. The largest absolute Gasteiger partial charge is 0.396 e. The number of hydrogen-bond donors (Lipinski definition) is 3. The summed E-state index contributed by atoms with van der Waals surface area (Å²) in [4.78, 5) is 15.9. The van der Waals surface area contributed by atoms with Crippen molar-refractivity contribution in [1.29, 1.82) is 0 Å². The van der Waals surface area contributed by atoms with Crippen LogP contribution in [0.25, 0.3) is 0 Å². The number of nitrogens with one attached hydrogen (secondary N) is 2. The van der Waals surface area contributed by atoms with Gasteiger partial charge >= 0.3 is 0 Å². The van der Waals surface area contributed by atoms with Gasteiger partial charge in [0.25, 0.3) is 5.91 Å². The Morgan fingerprint density at radius 1 is 1.05 bits per heavy atom. The molecule has 1 aromatic carbocycles. The van der Waals surface area contributed by atoms with E-state index in [0.29, 0.717) is 23.6 Å². The zero-order chi connectivity index (χ0) is 14.9. The monoisotopic (exact) mass is 284 g/mol. The third-order valence-corrected chi connectivity index (χ3v) is 3.06. The topological polar surface area (TPSA) is 80.0 Å². The number of carbonyl (C=O) groups is 1. The Balaban J connectivity index is 1.60. The average molecular weight is 284 g/mol. The number of unbranched alkanes of at least 4 members (excludes halogenated alkanes) is 1. The molecule has 1 heterocycles. The van der Waals surface area contributed by atoms with Crippen molar-refractivity contribution >= 4 is 17.4 Å². The minimum Gasteiger partial charge on any atom is -0.396 e. The highest BCUT2D eigenvalue weighted by atomic mass is 16.1. The van der Waals surface area contributed by atoms with Crippen LogP contribution in [-0.2, 0) is 0 Å². The molecule has 0 radical (unpaired) electrons. The number of nitrogens with zero attached hydrogens (tertiary/aromatic N) is 1. The molecule has 1 amide bonds. The van der Waals surface area contributed by atoms with Gasteiger partial charge < -0.3 is 16.4 Å². The zero-order valence-electron chi connectivity index (χ0n) is 11.9. The summed E-state index contributed by atoms with van der Waals surface area (Å²) in [5.41, 5.74) is 7.12. The first-order chi connectivity index (χ1) is 10.3. The van der Waals surface area contributed by atoms with Crippen LogP contribution in [0.3, 0.4) is 0 Å². The molecular formula is C16H20N4O. The Labute approximate surface area is 124 Å². The summed E-state index contributed by atoms with van der Waals surface area (Å²) >= 11 is 0. The molecule has 0 saturated carbocycles. The highest BCUT2D eigenvalue weighted by Crippen LogP contribution is 2.12. The van der Waals surface area contributed by atoms with E-state index in [2.05, 4.69) is 15.6 Å². The van der Waals surface area contributed by atoms with Crippen molar-refractivity contribution in [2.75, 3.05) is 24.1 Å². The van der Waals surface area contributed by atoms with Crippen molar-refractivity contribution in [2.24, 2.45) is 0 Å². The number of nitrogen functional groups attached to an aromatic ring is 1. The second kappa shape index (κ2) is 7.89. The van der Waals surface area contributed by atoms with E-state index < -0.39 is 0 Å². The summed E-state index contributed by atoms with van der Waals surface area (Å²) in [6.45, 7) is 1.44. The molecule has 0 aliphatic heterocycles. The second-order valence-corrected chi connectivity index (χ2v) is 4.70. The quantitative estimate of drug-likeness (QED) is 0.681. The average Bonchev–Trinajstić information content (AvgIpc) is 2.53. The van der Waals surface area contributed by atoms with Crippen LogP contribution in [0.4, 0.5) is 11.5 Å². The number of carbonyl (C=O) groups excluding carboxylic acids is 1. The van der Waals surface area contributed by atoms with Gasteiger partial charge in [-0.05, 0) is 37.1 Å². The fourth-order valence-corrected chi connectivity index (χ4v) is 1.92. The third-order valence-electron chi connectivity index (χ3n) is 3.06. The minimum atomic E-state index is -0.0301. The number of hydrogen-bond acceptors (Lipinski definition) is 4. The SMILES string of the molecule is Nc1cccnc1NCCCCNC(=O)c1ccccc1. The van der Waals surface area contributed by atoms with Crippen LogP contribution in [0.2, 0.25) is 0 Å². The molecule has 1 aromatic heterocycles. The van der Waals surface area contributed by atoms with Crippen molar-refractivity contribution in [1.82, 2.24) is 10.3 Å². The van der Waals surface area contributed by atoms with Gasteiger partial charge in [-0.2, -0.15) is 0 Å². The molecule has 5 nitrogen and oxygen atoms in total. The minimum absolute atomic E-state index is 0.0301. The van der Waals surface area contributed by atoms with Crippen molar-refractivity contribution in [3.05, 3.63) is 54.2 Å². The molecular weight excluding hydrogens is 264 g/mol. The van der Waals surface area contributed by atoms with Gasteiger partial charge in [-0.1, -0.05) is 18.2 Å². The van der Waals surface area contributed by atoms with Gasteiger partial charge in [0.2, 0.25) is 0 Å². The highest BCUT2D eigenvalue weighted by molar-refractivity contribution is 5.94. The summed E-state index contributed by atoms with van der Waals surface area (Å²) in [6, 6.07) is 12.8. The number of aromatic nitrogens is 1. The summed E-state index contributed by atoms with van der Waals surface area (Å²) in [5.74, 6) is 0.684. The van der Waals surface area contributed by atoms with E-state index >= 15 is 0 Å². The van der Waals surface area contributed by atoms with Crippen LogP contribution in [0, 0.1) is 0 Å². The standard InChI is InChI=1S/C16H20N4O/c17-14-9-6-12-19-15(14)18-10-4-5-11-20-16(21)13-7-2-1-3-8-13/h1-3,6-9,12H,4-5,10-11,17H2,(H,18,19)(H,20,21). The van der Waals surface area contributed by atoms with Crippen LogP contribution in [0.5, 0.6) is 0 Å². The van der Waals surface area contributed by atoms with E-state index in [0.717, 1.165) is 19.4 Å². The van der Waals surface area contributed by atoms with Gasteiger partial charge in [0.1, 0.15) is 5.82 Å². The van der Waals surface area contributed by atoms with Gasteiger partial charge in [0.05, 0.1) is 5.69 Å². The Bertz CT molecular complexity index is 571. The number of pyridine rings is 1. The Morgan fingerprint density at radius 3 is 2.57 bits per heavy atom. The molecule has 2 aromatic rings. The highest BCUT2D eigenvalue weighted by Gasteiger charge is 2.02. The van der Waals surface area contributed by atoms with Crippen LogP contribution in [0.15, 0.2) is 48.7 Å². The van der Waals surface area contributed by atoms with E-state index in [1.54, 1.807) is 24.4 Å². The third kappa shape index (κ3) is 4.80. The zero-order valence-corrected chi connectivity index (χ0v) is 11.9. The van der Waals surface area contributed by atoms with E-state index in [1.165, 1.54) is 0 Å². The molecule has 5 heteroatoms. The lowest BCUT2D eigenvalue weighted by atomic mass is 10.2. The van der Waals surface area contributed by atoms with Crippen molar-refractivity contribution < 1.29 is 4.79 Å². The molecule has 0 unspecified atom stereocenters. The van der Waals surface area contributed by atoms with Gasteiger partial charge in [0.15, 0.2) is 0 Å². The molecule has 0 fully saturated rings. The normalized spacial score (nSPS) is 10.1. The number of amides is 1. The van der Waals surface area contributed by atoms with E-state index in [4.69, 9.17) is 5.73 Å². The summed E-state index contributed by atoms with van der Waals surface area (Å²) in [5, 5.41) is 6.09. The number of rotatable bonds is 7. The van der Waals surface area contributed by atoms with Crippen LogP contribution in [-0.4, -0.2) is 24.0 Å². The molecule has 0 bridgehead atoms. The summed E-state index contributed by atoms with van der Waals surface area (Å²) < 4.78 is 0. The maximum atomic E-state index is 11.8. The van der Waals surface area contributed by atoms with Gasteiger partial charge in [0, 0.05) is 24.8 Å². The predicted octanol–water partition coefficient (Wildman–Crippen LogP) is 2.29. The molecule has 0 atom stereocenters. The van der Waals surface area contributed by atoms with Crippen molar-refractivity contribution in [3.8, 4) is 0 Å². The predicted molar refractivity (Wildman–Crippen MR) is 85.1 cm³/mol. The van der Waals surface area contributed by atoms with Crippen molar-refractivity contribution in [3.63, 3.8) is 0 Å². The van der Waals surface area contributed by atoms with E-state index in [9.17, 15) is 4.79 Å². The lowest BCUT2D eigenvalue weighted by Crippen LogP contribution is -2.24. The van der Waals surface area contributed by atoms with Crippen LogP contribution >= 0.6 is 0 Å². The van der Waals surface area contributed by atoms with E-state index in [1.807, 2.05) is 24.3 Å². The summed E-state index contributed by atoms with van der Waals surface area (Å²) in [7, 11) is 0. The molecule has 110 valence electrons. The molecule has 2 rings (SSSR count).